The molecule has 1 heterocycles. The summed E-state index contributed by atoms with van der Waals surface area (Å²) in [7, 11) is 0. The van der Waals surface area contributed by atoms with Gasteiger partial charge in [0, 0.05) is 4.47 Å². The number of halogens is 4. The Hall–Kier alpha value is -2.02. The third-order valence-electron chi connectivity index (χ3n) is 2.93. The zero-order valence-electron chi connectivity index (χ0n) is 10.5. The number of alkyl halides is 3. The number of rotatable bonds is 2. The average Bonchev–Trinajstić information content (AvgIpc) is 2.79. The van der Waals surface area contributed by atoms with E-state index in [0.29, 0.717) is 5.52 Å². The smallest absolute Gasteiger partial charge is 0.325 e. The van der Waals surface area contributed by atoms with Crippen molar-refractivity contribution in [3.8, 4) is 0 Å². The second-order valence-electron chi connectivity index (χ2n) is 4.42. The van der Waals surface area contributed by atoms with Crippen LogP contribution in [0.4, 0.5) is 24.8 Å². The lowest BCUT2D eigenvalue weighted by molar-refractivity contribution is -0.136. The summed E-state index contributed by atoms with van der Waals surface area (Å²) in [5.41, 5.74) is 0.635. The summed E-state index contributed by atoms with van der Waals surface area (Å²) >= 11 is 3.33. The van der Waals surface area contributed by atoms with E-state index in [1.807, 2.05) is 12.1 Å². The lowest BCUT2D eigenvalue weighted by Crippen LogP contribution is -2.08. The molecule has 7 heteroatoms. The molecule has 0 spiro atoms. The van der Waals surface area contributed by atoms with Crippen molar-refractivity contribution < 1.29 is 13.2 Å². The quantitative estimate of drug-likeness (QED) is 0.672. The topological polar surface area (TPSA) is 40.7 Å². The first-order valence-corrected chi connectivity index (χ1v) is 6.81. The highest BCUT2D eigenvalue weighted by atomic mass is 79.9. The third-order valence-corrected chi connectivity index (χ3v) is 3.42. The molecule has 21 heavy (non-hydrogen) atoms. The van der Waals surface area contributed by atoms with E-state index in [9.17, 15) is 13.2 Å². The Morgan fingerprint density at radius 3 is 2.62 bits per heavy atom. The second kappa shape index (κ2) is 5.07. The summed E-state index contributed by atoms with van der Waals surface area (Å²) in [4.78, 5) is 7.16. The van der Waals surface area contributed by atoms with Crippen molar-refractivity contribution in [2.24, 2.45) is 0 Å². The SMILES string of the molecule is FC(F)(F)c1ccccc1Nc1nc2ccc(Br)cc2[nH]1. The van der Waals surface area contributed by atoms with Gasteiger partial charge in [-0.2, -0.15) is 13.2 Å². The minimum Gasteiger partial charge on any atom is -0.325 e. The number of aromatic amines is 1. The molecule has 0 atom stereocenters. The van der Waals surface area contributed by atoms with Crippen LogP contribution >= 0.6 is 15.9 Å². The van der Waals surface area contributed by atoms with E-state index in [1.165, 1.54) is 18.2 Å². The molecular weight excluding hydrogens is 347 g/mol. The predicted molar refractivity (Wildman–Crippen MR) is 78.5 cm³/mol. The molecule has 0 saturated heterocycles. The number of hydrogen-bond donors (Lipinski definition) is 2. The van der Waals surface area contributed by atoms with Gasteiger partial charge in [0.25, 0.3) is 0 Å². The van der Waals surface area contributed by atoms with E-state index in [0.717, 1.165) is 16.1 Å². The van der Waals surface area contributed by atoms with Gasteiger partial charge in [0.1, 0.15) is 0 Å². The van der Waals surface area contributed by atoms with E-state index < -0.39 is 11.7 Å². The maximum atomic E-state index is 12.9. The number of imidazole rings is 1. The number of aromatic nitrogens is 2. The molecule has 3 rings (SSSR count). The number of fused-ring (bicyclic) bond motifs is 1. The molecule has 0 unspecified atom stereocenters. The largest absolute Gasteiger partial charge is 0.418 e. The van der Waals surface area contributed by atoms with Crippen molar-refractivity contribution in [1.29, 1.82) is 0 Å². The number of benzene rings is 2. The van der Waals surface area contributed by atoms with Crippen LogP contribution in [-0.4, -0.2) is 9.97 Å². The second-order valence-corrected chi connectivity index (χ2v) is 5.33. The van der Waals surface area contributed by atoms with Gasteiger partial charge in [-0.3, -0.25) is 0 Å². The Morgan fingerprint density at radius 2 is 1.86 bits per heavy atom. The standard InChI is InChI=1S/C14H9BrF3N3/c15-8-5-6-11-12(7-8)21-13(20-11)19-10-4-2-1-3-9(10)14(16,17)18/h1-7H,(H2,19,20,21). The number of para-hydroxylation sites is 1. The average molecular weight is 356 g/mol. The molecule has 2 N–H and O–H groups in total. The Labute approximate surface area is 126 Å². The van der Waals surface area contributed by atoms with Crippen molar-refractivity contribution in [3.63, 3.8) is 0 Å². The molecule has 3 aromatic rings. The van der Waals surface area contributed by atoms with Crippen molar-refractivity contribution in [1.82, 2.24) is 9.97 Å². The van der Waals surface area contributed by atoms with Gasteiger partial charge in [0.2, 0.25) is 5.95 Å². The summed E-state index contributed by atoms with van der Waals surface area (Å²) in [5, 5.41) is 2.69. The minimum atomic E-state index is -4.42. The van der Waals surface area contributed by atoms with Crippen LogP contribution in [0.15, 0.2) is 46.9 Å². The van der Waals surface area contributed by atoms with Crippen LogP contribution in [0.3, 0.4) is 0 Å². The molecule has 0 aliphatic heterocycles. The summed E-state index contributed by atoms with van der Waals surface area (Å²) in [5.74, 6) is 0.264. The molecule has 108 valence electrons. The molecule has 0 amide bonds. The van der Waals surface area contributed by atoms with Crippen LogP contribution in [0.1, 0.15) is 5.56 Å². The molecule has 0 aliphatic carbocycles. The molecule has 0 saturated carbocycles. The Kier molecular flexibility index (Phi) is 3.36. The normalized spacial score (nSPS) is 11.8. The number of anilines is 2. The van der Waals surface area contributed by atoms with Gasteiger partial charge < -0.3 is 10.3 Å². The van der Waals surface area contributed by atoms with Crippen molar-refractivity contribution in [2.75, 3.05) is 5.32 Å². The van der Waals surface area contributed by atoms with Crippen LogP contribution in [0.2, 0.25) is 0 Å². The van der Waals surface area contributed by atoms with Gasteiger partial charge in [0.05, 0.1) is 22.3 Å². The Morgan fingerprint density at radius 1 is 1.10 bits per heavy atom. The fraction of sp³-hybridized carbons (Fsp3) is 0.0714. The number of nitrogens with one attached hydrogen (secondary N) is 2. The summed E-state index contributed by atoms with van der Waals surface area (Å²) in [6, 6.07) is 10.7. The third kappa shape index (κ3) is 2.87. The highest BCUT2D eigenvalue weighted by Crippen LogP contribution is 2.35. The molecule has 0 aliphatic rings. The Balaban J connectivity index is 1.99. The highest BCUT2D eigenvalue weighted by molar-refractivity contribution is 9.10. The minimum absolute atomic E-state index is 0.0388. The maximum Gasteiger partial charge on any atom is 0.418 e. The zero-order chi connectivity index (χ0) is 15.0. The van der Waals surface area contributed by atoms with E-state index in [2.05, 4.69) is 31.2 Å². The number of nitrogens with zero attached hydrogens (tertiary/aromatic N) is 1. The number of hydrogen-bond acceptors (Lipinski definition) is 2. The first-order valence-electron chi connectivity index (χ1n) is 6.02. The predicted octanol–water partition coefficient (Wildman–Crippen LogP) is 5.09. The van der Waals surface area contributed by atoms with Crippen LogP contribution in [0, 0.1) is 0 Å². The van der Waals surface area contributed by atoms with Crippen LogP contribution in [0.5, 0.6) is 0 Å². The van der Waals surface area contributed by atoms with Crippen LogP contribution < -0.4 is 5.32 Å². The van der Waals surface area contributed by atoms with Gasteiger partial charge in [-0.1, -0.05) is 28.1 Å². The van der Waals surface area contributed by atoms with Gasteiger partial charge in [0.15, 0.2) is 0 Å². The number of H-pyrrole nitrogens is 1. The zero-order valence-corrected chi connectivity index (χ0v) is 12.1. The fourth-order valence-electron chi connectivity index (χ4n) is 2.01. The molecule has 0 fully saturated rings. The van der Waals surface area contributed by atoms with Gasteiger partial charge in [-0.05, 0) is 30.3 Å². The van der Waals surface area contributed by atoms with E-state index in [1.54, 1.807) is 6.07 Å². The molecule has 0 bridgehead atoms. The van der Waals surface area contributed by atoms with Crippen molar-refractivity contribution in [3.05, 3.63) is 52.5 Å². The van der Waals surface area contributed by atoms with E-state index in [-0.39, 0.29) is 11.6 Å². The van der Waals surface area contributed by atoms with Crippen molar-refractivity contribution >= 4 is 38.6 Å². The van der Waals surface area contributed by atoms with Crippen LogP contribution in [-0.2, 0) is 6.18 Å². The fourth-order valence-corrected chi connectivity index (χ4v) is 2.37. The summed E-state index contributed by atoms with van der Waals surface area (Å²) < 4.78 is 39.7. The maximum absolute atomic E-state index is 12.9. The highest BCUT2D eigenvalue weighted by Gasteiger charge is 2.33. The molecule has 0 radical (unpaired) electrons. The first-order chi connectivity index (χ1) is 9.93. The van der Waals surface area contributed by atoms with E-state index in [4.69, 9.17) is 0 Å². The molecule has 3 nitrogen and oxygen atoms in total. The Bertz CT molecular complexity index is 796. The van der Waals surface area contributed by atoms with Gasteiger partial charge in [-0.25, -0.2) is 4.98 Å². The first kappa shape index (κ1) is 13.9. The van der Waals surface area contributed by atoms with Crippen LogP contribution in [0.25, 0.3) is 11.0 Å². The van der Waals surface area contributed by atoms with Gasteiger partial charge >= 0.3 is 6.18 Å². The van der Waals surface area contributed by atoms with Gasteiger partial charge in [-0.15, -0.1) is 0 Å². The lowest BCUT2D eigenvalue weighted by atomic mass is 10.1. The molecular formula is C14H9BrF3N3. The monoisotopic (exact) mass is 355 g/mol. The molecule has 1 aromatic heterocycles. The summed E-state index contributed by atoms with van der Waals surface area (Å²) in [6.07, 6.45) is -4.42. The molecule has 2 aromatic carbocycles. The summed E-state index contributed by atoms with van der Waals surface area (Å²) in [6.45, 7) is 0. The lowest BCUT2D eigenvalue weighted by Gasteiger charge is -2.12. The van der Waals surface area contributed by atoms with Crippen molar-refractivity contribution in [2.45, 2.75) is 6.18 Å². The van der Waals surface area contributed by atoms with E-state index >= 15 is 0 Å².